The lowest BCUT2D eigenvalue weighted by molar-refractivity contribution is 0.468. The van der Waals surface area contributed by atoms with Crippen LogP contribution in [0, 0.1) is 6.92 Å². The van der Waals surface area contributed by atoms with Gasteiger partial charge >= 0.3 is 0 Å². The summed E-state index contributed by atoms with van der Waals surface area (Å²) in [4.78, 5) is 2.84. The number of halogens is 1. The molecule has 0 heterocycles. The van der Waals surface area contributed by atoms with Crippen molar-refractivity contribution >= 4 is 11.6 Å². The van der Waals surface area contributed by atoms with Gasteiger partial charge in [0.1, 0.15) is 0 Å². The molecule has 0 fully saturated rings. The fraction of sp³-hybridized carbons (Fsp3) is 0.217. The highest BCUT2D eigenvalue weighted by atomic mass is 35.5. The maximum atomic E-state index is 8.54. The Bertz CT molecular complexity index is 950. The monoisotopic (exact) mass is 390 g/mol. The highest BCUT2D eigenvalue weighted by Crippen LogP contribution is 2.40. The van der Waals surface area contributed by atoms with E-state index in [0.717, 1.165) is 23.1 Å². The number of hydrogen-bond donors (Lipinski definition) is 1. The minimum absolute atomic E-state index is 0.449. The van der Waals surface area contributed by atoms with Crippen LogP contribution in [0.4, 0.5) is 0 Å². The highest BCUT2D eigenvalue weighted by molar-refractivity contribution is 6.31. The van der Waals surface area contributed by atoms with Crippen LogP contribution >= 0.6 is 11.6 Å². The average molecular weight is 391 g/mol. The minimum atomic E-state index is -0.607. The number of azide groups is 1. The molecule has 1 atom stereocenters. The van der Waals surface area contributed by atoms with E-state index in [0.29, 0.717) is 18.1 Å². The van der Waals surface area contributed by atoms with Crippen molar-refractivity contribution in [2.24, 2.45) is 5.11 Å². The molecule has 0 bridgehead atoms. The Morgan fingerprint density at radius 2 is 1.57 bits per heavy atom. The van der Waals surface area contributed by atoms with Crippen molar-refractivity contribution in [2.45, 2.75) is 18.9 Å². The predicted molar refractivity (Wildman–Crippen MR) is 116 cm³/mol. The van der Waals surface area contributed by atoms with Gasteiger partial charge in [-0.2, -0.15) is 0 Å². The Labute approximate surface area is 170 Å². The lowest BCUT2D eigenvalue weighted by Gasteiger charge is -2.38. The summed E-state index contributed by atoms with van der Waals surface area (Å²) in [5, 5.41) is 8.09. The summed E-state index contributed by atoms with van der Waals surface area (Å²) < 4.78 is 0. The Kier molecular flexibility index (Phi) is 6.72. The first-order chi connectivity index (χ1) is 13.7. The number of rotatable bonds is 8. The second-order valence-corrected chi connectivity index (χ2v) is 7.10. The molecule has 142 valence electrons. The van der Waals surface area contributed by atoms with Crippen LogP contribution in [0.25, 0.3) is 10.4 Å². The Balaban J connectivity index is 2.17. The molecule has 1 unspecified atom stereocenters. The van der Waals surface area contributed by atoms with Crippen LogP contribution in [0.5, 0.6) is 0 Å². The zero-order chi connectivity index (χ0) is 19.8. The lowest BCUT2D eigenvalue weighted by atomic mass is 9.76. The van der Waals surface area contributed by atoms with Crippen LogP contribution in [0.1, 0.15) is 28.7 Å². The normalized spacial score (nSPS) is 12.8. The van der Waals surface area contributed by atoms with Crippen LogP contribution in [-0.4, -0.2) is 13.1 Å². The van der Waals surface area contributed by atoms with E-state index in [4.69, 9.17) is 17.1 Å². The van der Waals surface area contributed by atoms with Crippen molar-refractivity contribution in [2.75, 3.05) is 13.1 Å². The second-order valence-electron chi connectivity index (χ2n) is 6.70. The molecule has 0 saturated carbocycles. The Morgan fingerprint density at radius 3 is 2.25 bits per heavy atom. The number of nitrogens with one attached hydrogen (secondary N) is 1. The van der Waals surface area contributed by atoms with Crippen molar-refractivity contribution in [1.29, 1.82) is 0 Å². The molecule has 0 radical (unpaired) electrons. The molecular formula is C23H23ClN4. The van der Waals surface area contributed by atoms with E-state index >= 15 is 0 Å². The number of hydrogen-bond acceptors (Lipinski definition) is 2. The molecule has 3 aromatic carbocycles. The van der Waals surface area contributed by atoms with E-state index in [1.165, 1.54) is 5.56 Å². The van der Waals surface area contributed by atoms with E-state index < -0.39 is 5.54 Å². The van der Waals surface area contributed by atoms with E-state index in [-0.39, 0.29) is 0 Å². The minimum Gasteiger partial charge on any atom is -0.300 e. The van der Waals surface area contributed by atoms with Crippen molar-refractivity contribution in [3.63, 3.8) is 0 Å². The van der Waals surface area contributed by atoms with Gasteiger partial charge in [0.05, 0.1) is 5.54 Å². The van der Waals surface area contributed by atoms with Crippen molar-refractivity contribution in [3.8, 4) is 0 Å². The van der Waals surface area contributed by atoms with Crippen LogP contribution in [0.3, 0.4) is 0 Å². The molecule has 0 saturated heterocycles. The van der Waals surface area contributed by atoms with Gasteiger partial charge in [-0.25, -0.2) is 0 Å². The standard InChI is InChI=1S/C23H23ClN4/c1-18-12-14-20(15-13-18)23(19-8-3-2-4-9-19,26-16-7-17-27-28-25)21-10-5-6-11-22(21)24/h2-6,8-15,26H,7,16-17H2,1H3. The maximum absolute atomic E-state index is 8.54. The van der Waals surface area contributed by atoms with Gasteiger partial charge in [-0.15, -0.1) is 0 Å². The fourth-order valence-electron chi connectivity index (χ4n) is 3.50. The van der Waals surface area contributed by atoms with Gasteiger partial charge in [-0.05, 0) is 48.2 Å². The molecule has 0 aliphatic rings. The van der Waals surface area contributed by atoms with Gasteiger partial charge in [0, 0.05) is 16.5 Å². The van der Waals surface area contributed by atoms with Gasteiger partial charge in [-0.3, -0.25) is 5.32 Å². The fourth-order valence-corrected chi connectivity index (χ4v) is 3.78. The molecule has 4 nitrogen and oxygen atoms in total. The molecule has 3 rings (SSSR count). The Morgan fingerprint density at radius 1 is 0.929 bits per heavy atom. The zero-order valence-corrected chi connectivity index (χ0v) is 16.6. The largest absolute Gasteiger partial charge is 0.300 e. The first-order valence-corrected chi connectivity index (χ1v) is 9.70. The van der Waals surface area contributed by atoms with E-state index in [1.54, 1.807) is 0 Å². The molecule has 3 aromatic rings. The first-order valence-electron chi connectivity index (χ1n) is 9.32. The van der Waals surface area contributed by atoms with Gasteiger partial charge in [0.15, 0.2) is 0 Å². The third-order valence-corrected chi connectivity index (χ3v) is 5.19. The van der Waals surface area contributed by atoms with Gasteiger partial charge in [-0.1, -0.05) is 95.1 Å². The van der Waals surface area contributed by atoms with E-state index in [1.807, 2.05) is 36.4 Å². The topological polar surface area (TPSA) is 60.8 Å². The average Bonchev–Trinajstić information content (AvgIpc) is 2.73. The molecule has 0 spiro atoms. The summed E-state index contributed by atoms with van der Waals surface area (Å²) in [5.74, 6) is 0. The molecule has 0 aliphatic carbocycles. The molecule has 1 N–H and O–H groups in total. The number of aryl methyl sites for hydroxylation is 1. The zero-order valence-electron chi connectivity index (χ0n) is 15.8. The van der Waals surface area contributed by atoms with Gasteiger partial charge < -0.3 is 0 Å². The molecule has 0 amide bonds. The first kappa shape index (κ1) is 20.0. The summed E-state index contributed by atoms with van der Waals surface area (Å²) in [6.45, 7) is 3.20. The summed E-state index contributed by atoms with van der Waals surface area (Å²) in [5.41, 5.74) is 12.4. The SMILES string of the molecule is Cc1ccc(C(NCCCN=[N+]=[N-])(c2ccccc2)c2ccccc2Cl)cc1. The van der Waals surface area contributed by atoms with Crippen molar-refractivity contribution < 1.29 is 0 Å². The van der Waals surface area contributed by atoms with Crippen LogP contribution in [-0.2, 0) is 5.54 Å². The number of benzene rings is 3. The van der Waals surface area contributed by atoms with Crippen molar-refractivity contribution in [1.82, 2.24) is 5.32 Å². The van der Waals surface area contributed by atoms with Crippen LogP contribution in [0.15, 0.2) is 84.0 Å². The van der Waals surface area contributed by atoms with E-state index in [9.17, 15) is 0 Å². The maximum Gasteiger partial charge on any atom is 0.0962 e. The third-order valence-electron chi connectivity index (χ3n) is 4.86. The van der Waals surface area contributed by atoms with Crippen LogP contribution < -0.4 is 5.32 Å². The Hall–Kier alpha value is -2.78. The van der Waals surface area contributed by atoms with Gasteiger partial charge in [0.25, 0.3) is 0 Å². The van der Waals surface area contributed by atoms with E-state index in [2.05, 4.69) is 64.7 Å². The quantitative estimate of drug-likeness (QED) is 0.160. The predicted octanol–water partition coefficient (Wildman–Crippen LogP) is 6.23. The molecule has 0 aromatic heterocycles. The van der Waals surface area contributed by atoms with Crippen molar-refractivity contribution in [3.05, 3.63) is 117 Å². The summed E-state index contributed by atoms with van der Waals surface area (Å²) in [6.07, 6.45) is 0.731. The summed E-state index contributed by atoms with van der Waals surface area (Å²) in [6, 6.07) is 26.8. The molecular weight excluding hydrogens is 368 g/mol. The smallest absolute Gasteiger partial charge is 0.0962 e. The lowest BCUT2D eigenvalue weighted by Crippen LogP contribution is -2.45. The molecule has 28 heavy (non-hydrogen) atoms. The third kappa shape index (κ3) is 4.20. The molecule has 0 aliphatic heterocycles. The van der Waals surface area contributed by atoms with Crippen LogP contribution in [0.2, 0.25) is 5.02 Å². The summed E-state index contributed by atoms with van der Waals surface area (Å²) >= 11 is 6.70. The van der Waals surface area contributed by atoms with Gasteiger partial charge in [0.2, 0.25) is 0 Å². The highest BCUT2D eigenvalue weighted by Gasteiger charge is 2.37. The molecule has 5 heteroatoms. The summed E-state index contributed by atoms with van der Waals surface area (Å²) in [7, 11) is 0. The number of nitrogens with zero attached hydrogens (tertiary/aromatic N) is 3. The second kappa shape index (κ2) is 9.43.